The van der Waals surface area contributed by atoms with Crippen molar-refractivity contribution in [2.24, 2.45) is 0 Å². The van der Waals surface area contributed by atoms with Crippen LogP contribution in [-0.4, -0.2) is 57.1 Å². The average Bonchev–Trinajstić information content (AvgIpc) is 2.48. The second kappa shape index (κ2) is 6.61. The van der Waals surface area contributed by atoms with Gasteiger partial charge in [-0.25, -0.2) is 17.9 Å². The van der Waals surface area contributed by atoms with Crippen molar-refractivity contribution in [2.45, 2.75) is 23.5 Å². The van der Waals surface area contributed by atoms with E-state index < -0.39 is 28.1 Å². The van der Waals surface area contributed by atoms with E-state index >= 15 is 0 Å². The van der Waals surface area contributed by atoms with Gasteiger partial charge in [-0.05, 0) is 24.6 Å². The van der Waals surface area contributed by atoms with Gasteiger partial charge in [-0.2, -0.15) is 0 Å². The highest BCUT2D eigenvalue weighted by Gasteiger charge is 2.30. The summed E-state index contributed by atoms with van der Waals surface area (Å²) < 4.78 is 37.3. The Hall–Kier alpha value is -1.68. The number of sulfonamides is 1. The van der Waals surface area contributed by atoms with Gasteiger partial charge in [0.15, 0.2) is 0 Å². The van der Waals surface area contributed by atoms with Crippen LogP contribution in [0.15, 0.2) is 23.1 Å². The van der Waals surface area contributed by atoms with Gasteiger partial charge in [-0.1, -0.05) is 0 Å². The van der Waals surface area contributed by atoms with E-state index in [1.165, 1.54) is 19.2 Å². The maximum Gasteiger partial charge on any atom is 0.335 e. The van der Waals surface area contributed by atoms with Crippen LogP contribution in [0.1, 0.15) is 16.8 Å². The van der Waals surface area contributed by atoms with Crippen molar-refractivity contribution in [1.82, 2.24) is 4.72 Å². The molecule has 9 heteroatoms. The Kier molecular flexibility index (Phi) is 5.01. The first-order valence-electron chi connectivity index (χ1n) is 6.54. The van der Waals surface area contributed by atoms with Crippen molar-refractivity contribution >= 4 is 16.0 Å². The van der Waals surface area contributed by atoms with Crippen LogP contribution in [-0.2, 0) is 14.8 Å². The monoisotopic (exact) mass is 331 g/mol. The molecule has 8 nitrogen and oxygen atoms in total. The van der Waals surface area contributed by atoms with Crippen LogP contribution in [0.5, 0.6) is 5.75 Å². The number of methoxy groups -OCH3 is 1. The minimum atomic E-state index is -4.05. The molecule has 2 rings (SSSR count). The van der Waals surface area contributed by atoms with Gasteiger partial charge in [0.05, 0.1) is 31.4 Å². The lowest BCUT2D eigenvalue weighted by molar-refractivity contribution is -0.0222. The predicted molar refractivity (Wildman–Crippen MR) is 75.5 cm³/mol. The Labute approximate surface area is 127 Å². The number of hydrogen-bond donors (Lipinski definition) is 3. The lowest BCUT2D eigenvalue weighted by Crippen LogP contribution is -2.48. The molecular weight excluding hydrogens is 314 g/mol. The van der Waals surface area contributed by atoms with Gasteiger partial charge in [0.25, 0.3) is 0 Å². The number of benzene rings is 1. The van der Waals surface area contributed by atoms with Crippen LogP contribution in [0.25, 0.3) is 0 Å². The van der Waals surface area contributed by atoms with Gasteiger partial charge >= 0.3 is 5.97 Å². The van der Waals surface area contributed by atoms with Gasteiger partial charge in [0.2, 0.25) is 10.0 Å². The maximum atomic E-state index is 12.5. The number of aliphatic hydroxyl groups excluding tert-OH is 1. The SMILES string of the molecule is COc1ccc(C(=O)O)cc1S(=O)(=O)N[C@@H]1CCOC[C@H]1O. The third-order valence-corrected chi connectivity index (χ3v) is 4.84. The zero-order valence-corrected chi connectivity index (χ0v) is 12.7. The van der Waals surface area contributed by atoms with E-state index in [4.69, 9.17) is 14.6 Å². The van der Waals surface area contributed by atoms with E-state index in [2.05, 4.69) is 4.72 Å². The number of hydrogen-bond acceptors (Lipinski definition) is 6. The largest absolute Gasteiger partial charge is 0.495 e. The number of nitrogens with one attached hydrogen (secondary N) is 1. The van der Waals surface area contributed by atoms with Crippen molar-refractivity contribution in [3.05, 3.63) is 23.8 Å². The summed E-state index contributed by atoms with van der Waals surface area (Å²) in [5.41, 5.74) is -0.172. The molecule has 0 radical (unpaired) electrons. The highest BCUT2D eigenvalue weighted by atomic mass is 32.2. The number of rotatable bonds is 5. The summed E-state index contributed by atoms with van der Waals surface area (Å²) >= 11 is 0. The van der Waals surface area contributed by atoms with Crippen LogP contribution in [0.2, 0.25) is 0 Å². The molecule has 122 valence electrons. The molecule has 0 saturated carbocycles. The summed E-state index contributed by atoms with van der Waals surface area (Å²) in [4.78, 5) is 10.7. The van der Waals surface area contributed by atoms with E-state index in [0.717, 1.165) is 6.07 Å². The zero-order chi connectivity index (χ0) is 16.3. The minimum absolute atomic E-state index is 0.0269. The highest BCUT2D eigenvalue weighted by molar-refractivity contribution is 7.89. The van der Waals surface area contributed by atoms with E-state index in [1.54, 1.807) is 0 Å². The van der Waals surface area contributed by atoms with Crippen molar-refractivity contribution in [3.63, 3.8) is 0 Å². The van der Waals surface area contributed by atoms with Gasteiger partial charge in [0.1, 0.15) is 10.6 Å². The first-order valence-corrected chi connectivity index (χ1v) is 8.03. The van der Waals surface area contributed by atoms with Crippen LogP contribution in [0, 0.1) is 0 Å². The fourth-order valence-electron chi connectivity index (χ4n) is 2.14. The number of aromatic carboxylic acids is 1. The normalized spacial score (nSPS) is 22.3. The lowest BCUT2D eigenvalue weighted by atomic mass is 10.1. The Morgan fingerprint density at radius 2 is 2.18 bits per heavy atom. The Morgan fingerprint density at radius 1 is 1.45 bits per heavy atom. The lowest BCUT2D eigenvalue weighted by Gasteiger charge is -2.28. The predicted octanol–water partition coefficient (Wildman–Crippen LogP) is -0.179. The summed E-state index contributed by atoms with van der Waals surface area (Å²) in [5, 5.41) is 18.8. The summed E-state index contributed by atoms with van der Waals surface area (Å²) in [7, 11) is -2.76. The van der Waals surface area contributed by atoms with Gasteiger partial charge < -0.3 is 19.7 Å². The molecule has 1 aromatic carbocycles. The molecule has 3 N–H and O–H groups in total. The average molecular weight is 331 g/mol. The molecule has 1 aromatic rings. The Morgan fingerprint density at radius 3 is 2.77 bits per heavy atom. The standard InChI is InChI=1S/C13H17NO7S/c1-20-11-3-2-8(13(16)17)6-12(11)22(18,19)14-9-4-5-21-7-10(9)15/h2-3,6,9-10,14-15H,4-5,7H2,1H3,(H,16,17)/t9-,10-/m1/s1. The zero-order valence-electron chi connectivity index (χ0n) is 11.9. The Bertz CT molecular complexity index is 658. The molecule has 0 unspecified atom stereocenters. The molecule has 1 fully saturated rings. The molecule has 1 saturated heterocycles. The molecule has 22 heavy (non-hydrogen) atoms. The summed E-state index contributed by atoms with van der Waals surface area (Å²) in [6, 6.07) is 2.86. The molecule has 0 spiro atoms. The molecule has 2 atom stereocenters. The molecule has 0 aromatic heterocycles. The molecule has 0 bridgehead atoms. The van der Waals surface area contributed by atoms with E-state index in [0.29, 0.717) is 13.0 Å². The number of carbonyl (C=O) groups is 1. The van der Waals surface area contributed by atoms with Crippen molar-refractivity contribution < 1.29 is 32.9 Å². The van der Waals surface area contributed by atoms with E-state index in [9.17, 15) is 18.3 Å². The molecular formula is C13H17NO7S. The summed E-state index contributed by atoms with van der Waals surface area (Å²) in [6.07, 6.45) is -0.640. The first kappa shape index (κ1) is 16.7. The number of carboxylic acids is 1. The number of carboxylic acid groups (broad SMARTS) is 1. The molecule has 0 amide bonds. The van der Waals surface area contributed by atoms with Crippen LogP contribution >= 0.6 is 0 Å². The van der Waals surface area contributed by atoms with Crippen LogP contribution < -0.4 is 9.46 Å². The summed E-state index contributed by atoms with van der Waals surface area (Å²) in [5.74, 6) is -1.22. The van der Waals surface area contributed by atoms with E-state index in [-0.39, 0.29) is 22.8 Å². The smallest absolute Gasteiger partial charge is 0.335 e. The molecule has 1 aliphatic heterocycles. The minimum Gasteiger partial charge on any atom is -0.495 e. The first-order chi connectivity index (χ1) is 10.3. The van der Waals surface area contributed by atoms with E-state index in [1.807, 2.05) is 0 Å². The quantitative estimate of drug-likeness (QED) is 0.684. The topological polar surface area (TPSA) is 122 Å². The summed E-state index contributed by atoms with van der Waals surface area (Å²) in [6.45, 7) is 0.371. The molecule has 0 aliphatic carbocycles. The maximum absolute atomic E-state index is 12.5. The second-order valence-corrected chi connectivity index (χ2v) is 6.51. The van der Waals surface area contributed by atoms with Crippen LogP contribution in [0.4, 0.5) is 0 Å². The number of aliphatic hydroxyl groups is 1. The fraction of sp³-hybridized carbons (Fsp3) is 0.462. The van der Waals surface area contributed by atoms with Gasteiger partial charge in [-0.3, -0.25) is 0 Å². The molecule has 1 heterocycles. The molecule has 1 aliphatic rings. The third kappa shape index (κ3) is 3.55. The van der Waals surface area contributed by atoms with Gasteiger partial charge in [0, 0.05) is 6.61 Å². The Balaban J connectivity index is 2.35. The fourth-order valence-corrected chi connectivity index (χ4v) is 3.64. The van der Waals surface area contributed by atoms with Crippen LogP contribution in [0.3, 0.4) is 0 Å². The number of ether oxygens (including phenoxy) is 2. The van der Waals surface area contributed by atoms with Crippen molar-refractivity contribution in [1.29, 1.82) is 0 Å². The van der Waals surface area contributed by atoms with Crippen molar-refractivity contribution in [3.8, 4) is 5.75 Å². The second-order valence-electron chi connectivity index (χ2n) is 4.83. The highest BCUT2D eigenvalue weighted by Crippen LogP contribution is 2.26. The van der Waals surface area contributed by atoms with Crippen molar-refractivity contribution in [2.75, 3.05) is 20.3 Å². The third-order valence-electron chi connectivity index (χ3n) is 3.33. The van der Waals surface area contributed by atoms with Gasteiger partial charge in [-0.15, -0.1) is 0 Å².